The number of piperidine rings is 1. The summed E-state index contributed by atoms with van der Waals surface area (Å²) in [5.74, 6) is 0.0452. The number of ether oxygens (including phenoxy) is 1. The number of rotatable bonds is 1. The van der Waals surface area contributed by atoms with Gasteiger partial charge in [0.2, 0.25) is 5.91 Å². The Kier molecular flexibility index (Phi) is 2.07. The van der Waals surface area contributed by atoms with Crippen molar-refractivity contribution in [1.82, 2.24) is 4.90 Å². The van der Waals surface area contributed by atoms with Gasteiger partial charge in [0.1, 0.15) is 5.78 Å². The molecule has 0 aromatic carbocycles. The Labute approximate surface area is 76.8 Å². The van der Waals surface area contributed by atoms with Crippen molar-refractivity contribution in [2.45, 2.75) is 31.4 Å². The zero-order valence-electron chi connectivity index (χ0n) is 7.66. The lowest BCUT2D eigenvalue weighted by molar-refractivity contribution is -0.141. The van der Waals surface area contributed by atoms with E-state index in [4.69, 9.17) is 4.74 Å². The van der Waals surface area contributed by atoms with Crippen molar-refractivity contribution in [2.75, 3.05) is 13.7 Å². The summed E-state index contributed by atoms with van der Waals surface area (Å²) in [6.07, 6.45) is 1.55. The molecule has 0 bridgehead atoms. The third kappa shape index (κ3) is 1.46. The molecule has 0 aromatic heterocycles. The van der Waals surface area contributed by atoms with Gasteiger partial charge in [0.25, 0.3) is 0 Å². The van der Waals surface area contributed by atoms with Gasteiger partial charge in [0.05, 0.1) is 12.5 Å². The van der Waals surface area contributed by atoms with Gasteiger partial charge in [0.15, 0.2) is 0 Å². The van der Waals surface area contributed by atoms with Crippen LogP contribution in [-0.4, -0.2) is 42.4 Å². The first-order chi connectivity index (χ1) is 6.20. The number of nitrogens with zero attached hydrogens (tertiary/aromatic N) is 1. The molecular weight excluding hydrogens is 170 g/mol. The number of carbonyl (C=O) groups excluding carboxylic acids is 2. The lowest BCUT2D eigenvalue weighted by Crippen LogP contribution is -2.42. The van der Waals surface area contributed by atoms with Crippen LogP contribution in [0.1, 0.15) is 19.3 Å². The number of ketones is 1. The van der Waals surface area contributed by atoms with Crippen LogP contribution in [0, 0.1) is 0 Å². The minimum atomic E-state index is -0.0270. The average Bonchev–Trinajstić information content (AvgIpc) is 2.47. The third-order valence-electron chi connectivity index (χ3n) is 2.84. The normalized spacial score (nSPS) is 33.8. The van der Waals surface area contributed by atoms with Crippen LogP contribution in [0.25, 0.3) is 0 Å². The molecule has 0 radical (unpaired) electrons. The number of fused-ring (bicyclic) bond motifs is 1. The Morgan fingerprint density at radius 2 is 2.23 bits per heavy atom. The summed E-state index contributed by atoms with van der Waals surface area (Å²) in [6, 6.07) is 0.110. The van der Waals surface area contributed by atoms with E-state index in [1.807, 2.05) is 0 Å². The van der Waals surface area contributed by atoms with Crippen molar-refractivity contribution in [3.05, 3.63) is 0 Å². The van der Waals surface area contributed by atoms with E-state index in [2.05, 4.69) is 0 Å². The lowest BCUT2D eigenvalue weighted by Gasteiger charge is -2.27. The van der Waals surface area contributed by atoms with Gasteiger partial charge in [0, 0.05) is 26.1 Å². The van der Waals surface area contributed by atoms with Crippen molar-refractivity contribution in [3.63, 3.8) is 0 Å². The van der Waals surface area contributed by atoms with E-state index in [0.717, 1.165) is 6.42 Å². The van der Waals surface area contributed by atoms with Gasteiger partial charge in [-0.3, -0.25) is 9.59 Å². The summed E-state index contributed by atoms with van der Waals surface area (Å²) in [5, 5.41) is 0. The van der Waals surface area contributed by atoms with Crippen molar-refractivity contribution in [2.24, 2.45) is 0 Å². The van der Waals surface area contributed by atoms with Gasteiger partial charge in [-0.25, -0.2) is 0 Å². The first-order valence-electron chi connectivity index (χ1n) is 4.54. The van der Waals surface area contributed by atoms with Crippen LogP contribution >= 0.6 is 0 Å². The lowest BCUT2D eigenvalue weighted by atomic mass is 10.0. The van der Waals surface area contributed by atoms with E-state index in [1.54, 1.807) is 12.0 Å². The molecule has 2 saturated heterocycles. The molecule has 72 valence electrons. The molecule has 4 nitrogen and oxygen atoms in total. The van der Waals surface area contributed by atoms with E-state index in [-0.39, 0.29) is 30.3 Å². The van der Waals surface area contributed by atoms with Gasteiger partial charge in [-0.15, -0.1) is 0 Å². The van der Waals surface area contributed by atoms with Crippen LogP contribution in [0.2, 0.25) is 0 Å². The molecule has 2 fully saturated rings. The summed E-state index contributed by atoms with van der Waals surface area (Å²) >= 11 is 0. The molecule has 0 saturated carbocycles. The molecule has 2 aliphatic rings. The average molecular weight is 183 g/mol. The maximum atomic E-state index is 11.4. The molecule has 0 aliphatic carbocycles. The van der Waals surface area contributed by atoms with Crippen LogP contribution in [0.15, 0.2) is 0 Å². The highest BCUT2D eigenvalue weighted by atomic mass is 16.5. The number of carbonyl (C=O) groups is 2. The van der Waals surface area contributed by atoms with E-state index in [1.165, 1.54) is 0 Å². The zero-order chi connectivity index (χ0) is 9.42. The van der Waals surface area contributed by atoms with Crippen molar-refractivity contribution >= 4 is 11.7 Å². The Morgan fingerprint density at radius 1 is 1.46 bits per heavy atom. The fourth-order valence-electron chi connectivity index (χ4n) is 2.15. The molecule has 0 N–H and O–H groups in total. The van der Waals surface area contributed by atoms with Crippen molar-refractivity contribution in [1.29, 1.82) is 0 Å². The topological polar surface area (TPSA) is 46.6 Å². The predicted molar refractivity (Wildman–Crippen MR) is 45.2 cm³/mol. The minimum absolute atomic E-state index is 0.0270. The van der Waals surface area contributed by atoms with Crippen molar-refractivity contribution in [3.8, 4) is 0 Å². The van der Waals surface area contributed by atoms with Gasteiger partial charge in [-0.05, 0) is 6.42 Å². The summed E-state index contributed by atoms with van der Waals surface area (Å²) in [5.41, 5.74) is 0. The molecule has 4 heteroatoms. The number of Topliss-reactive ketones (excluding diaryl/α,β-unsaturated/α-hetero) is 1. The van der Waals surface area contributed by atoms with E-state index < -0.39 is 0 Å². The molecule has 2 rings (SSSR count). The van der Waals surface area contributed by atoms with E-state index in [9.17, 15) is 9.59 Å². The molecule has 1 amide bonds. The second-order valence-electron chi connectivity index (χ2n) is 3.71. The second kappa shape index (κ2) is 3.10. The smallest absolute Gasteiger partial charge is 0.230 e. The Balaban J connectivity index is 2.09. The maximum Gasteiger partial charge on any atom is 0.230 e. The van der Waals surface area contributed by atoms with Crippen LogP contribution in [0.4, 0.5) is 0 Å². The van der Waals surface area contributed by atoms with Gasteiger partial charge in [-0.2, -0.15) is 0 Å². The third-order valence-corrected chi connectivity index (χ3v) is 2.84. The monoisotopic (exact) mass is 183 g/mol. The molecule has 0 aromatic rings. The number of hydrogen-bond donors (Lipinski definition) is 0. The maximum absolute atomic E-state index is 11.4. The van der Waals surface area contributed by atoms with E-state index in [0.29, 0.717) is 13.0 Å². The Morgan fingerprint density at radius 3 is 2.92 bits per heavy atom. The van der Waals surface area contributed by atoms with Crippen LogP contribution in [0.3, 0.4) is 0 Å². The predicted octanol–water partition coefficient (Wildman–Crippen LogP) is -0.0348. The molecule has 13 heavy (non-hydrogen) atoms. The fraction of sp³-hybridized carbons (Fsp3) is 0.778. The SMILES string of the molecule is CO[C@H]1C[C@H]2CC(=O)CC(=O)N2C1. The summed E-state index contributed by atoms with van der Waals surface area (Å²) in [6.45, 7) is 0.660. The summed E-state index contributed by atoms with van der Waals surface area (Å²) in [4.78, 5) is 24.3. The molecule has 0 unspecified atom stereocenters. The van der Waals surface area contributed by atoms with Crippen LogP contribution in [0.5, 0.6) is 0 Å². The molecule has 2 aliphatic heterocycles. The van der Waals surface area contributed by atoms with Crippen LogP contribution < -0.4 is 0 Å². The van der Waals surface area contributed by atoms with Crippen LogP contribution in [-0.2, 0) is 14.3 Å². The standard InChI is InChI=1S/C9H13NO3/c1-13-8-3-6-2-7(11)4-9(12)10(6)5-8/h6,8H,2-5H2,1H3/t6-,8+/m1/s1. The first-order valence-corrected chi connectivity index (χ1v) is 4.54. The number of hydrogen-bond acceptors (Lipinski definition) is 3. The quantitative estimate of drug-likeness (QED) is 0.536. The Bertz CT molecular complexity index is 251. The highest BCUT2D eigenvalue weighted by Crippen LogP contribution is 2.27. The molecule has 2 atom stereocenters. The summed E-state index contributed by atoms with van der Waals surface area (Å²) in [7, 11) is 1.65. The van der Waals surface area contributed by atoms with Crippen molar-refractivity contribution < 1.29 is 14.3 Å². The summed E-state index contributed by atoms with van der Waals surface area (Å²) < 4.78 is 5.18. The molecule has 0 spiro atoms. The largest absolute Gasteiger partial charge is 0.380 e. The Hall–Kier alpha value is -0.900. The zero-order valence-corrected chi connectivity index (χ0v) is 7.66. The molecule has 2 heterocycles. The van der Waals surface area contributed by atoms with Gasteiger partial charge in [-0.1, -0.05) is 0 Å². The van der Waals surface area contributed by atoms with Gasteiger partial charge < -0.3 is 9.64 Å². The second-order valence-corrected chi connectivity index (χ2v) is 3.71. The number of methoxy groups -OCH3 is 1. The molecular formula is C9H13NO3. The van der Waals surface area contributed by atoms with E-state index >= 15 is 0 Å². The first kappa shape index (κ1) is 8.69. The number of amides is 1. The fourth-order valence-corrected chi connectivity index (χ4v) is 2.15. The highest BCUT2D eigenvalue weighted by molar-refractivity contribution is 6.00. The van der Waals surface area contributed by atoms with Gasteiger partial charge >= 0.3 is 0 Å². The highest BCUT2D eigenvalue weighted by Gasteiger charge is 2.40. The minimum Gasteiger partial charge on any atom is -0.380 e.